The number of anilines is 1. The number of hydrogen-bond acceptors (Lipinski definition) is 7. The van der Waals surface area contributed by atoms with E-state index in [1.54, 1.807) is 49.6 Å². The molecule has 0 aliphatic carbocycles. The van der Waals surface area contributed by atoms with Gasteiger partial charge in [0.2, 0.25) is 5.91 Å². The number of ether oxygens (including phenoxy) is 2. The summed E-state index contributed by atoms with van der Waals surface area (Å²) in [5.74, 6) is 0.504. The minimum absolute atomic E-state index is 0.0837. The van der Waals surface area contributed by atoms with E-state index in [-0.39, 0.29) is 17.2 Å². The van der Waals surface area contributed by atoms with Crippen molar-refractivity contribution in [2.24, 2.45) is 0 Å². The van der Waals surface area contributed by atoms with Gasteiger partial charge in [0.1, 0.15) is 5.75 Å². The average molecular weight is 461 g/mol. The van der Waals surface area contributed by atoms with Crippen LogP contribution in [0.5, 0.6) is 5.75 Å². The molecule has 1 aromatic heterocycles. The summed E-state index contributed by atoms with van der Waals surface area (Å²) in [6, 6.07) is 11.9. The Kier molecular flexibility index (Phi) is 7.54. The molecule has 0 fully saturated rings. The zero-order valence-electron chi connectivity index (χ0n) is 17.2. The van der Waals surface area contributed by atoms with E-state index in [1.165, 1.54) is 18.9 Å². The number of esters is 1. The molecule has 0 saturated carbocycles. The number of thioether (sulfide) groups is 1. The Bertz CT molecular complexity index is 1100. The van der Waals surface area contributed by atoms with Crippen LogP contribution in [-0.2, 0) is 16.1 Å². The van der Waals surface area contributed by atoms with Crippen LogP contribution in [0.3, 0.4) is 0 Å². The first-order valence-corrected chi connectivity index (χ1v) is 10.7. The number of aromatic nitrogens is 3. The predicted molar refractivity (Wildman–Crippen MR) is 120 cm³/mol. The molecule has 1 amide bonds. The fraction of sp³-hybridized carbons (Fsp3) is 0.238. The summed E-state index contributed by atoms with van der Waals surface area (Å²) in [4.78, 5) is 24.4. The van der Waals surface area contributed by atoms with Gasteiger partial charge in [0.25, 0.3) is 0 Å². The van der Waals surface area contributed by atoms with Crippen molar-refractivity contribution in [3.05, 3.63) is 53.1 Å². The number of carbonyl (C=O) groups excluding carboxylic acids is 2. The van der Waals surface area contributed by atoms with Crippen LogP contribution in [0.25, 0.3) is 11.4 Å². The average Bonchev–Trinajstić information content (AvgIpc) is 3.20. The summed E-state index contributed by atoms with van der Waals surface area (Å²) in [7, 11) is 2.87. The number of rotatable bonds is 8. The molecule has 162 valence electrons. The van der Waals surface area contributed by atoms with E-state index in [2.05, 4.69) is 15.5 Å². The van der Waals surface area contributed by atoms with Crippen molar-refractivity contribution in [3.8, 4) is 17.1 Å². The maximum absolute atomic E-state index is 12.5. The zero-order valence-corrected chi connectivity index (χ0v) is 18.8. The van der Waals surface area contributed by atoms with Crippen LogP contribution >= 0.6 is 23.4 Å². The number of carbonyl (C=O) groups is 2. The minimum atomic E-state index is -0.519. The molecule has 1 N–H and O–H groups in total. The van der Waals surface area contributed by atoms with Crippen molar-refractivity contribution in [2.45, 2.75) is 18.6 Å². The third kappa shape index (κ3) is 5.18. The topological polar surface area (TPSA) is 95.3 Å². The zero-order chi connectivity index (χ0) is 22.4. The second-order valence-electron chi connectivity index (χ2n) is 6.27. The molecule has 10 heteroatoms. The molecule has 3 aromatic rings. The Morgan fingerprint density at radius 1 is 1.16 bits per heavy atom. The summed E-state index contributed by atoms with van der Waals surface area (Å²) in [6.07, 6.45) is 0. The van der Waals surface area contributed by atoms with Gasteiger partial charge in [-0.2, -0.15) is 0 Å². The largest absolute Gasteiger partial charge is 0.496 e. The molecule has 0 radical (unpaired) electrons. The van der Waals surface area contributed by atoms with Gasteiger partial charge in [-0.25, -0.2) is 4.79 Å². The standard InChI is InChI=1S/C21H21ClN4O4S/c1-4-26-19(15-11-13(22)9-10-17(15)29-2)24-25-21(26)31-12-18(27)23-16-8-6-5-7-14(16)20(28)30-3/h5-11H,4,12H2,1-3H3,(H,23,27). The second-order valence-corrected chi connectivity index (χ2v) is 7.65. The monoisotopic (exact) mass is 460 g/mol. The van der Waals surface area contributed by atoms with Gasteiger partial charge in [-0.3, -0.25) is 4.79 Å². The summed E-state index contributed by atoms with van der Waals surface area (Å²) in [5.41, 5.74) is 1.39. The van der Waals surface area contributed by atoms with Gasteiger partial charge in [-0.1, -0.05) is 35.5 Å². The molecule has 8 nitrogen and oxygen atoms in total. The number of methoxy groups -OCH3 is 2. The molecule has 0 atom stereocenters. The van der Waals surface area contributed by atoms with Crippen LogP contribution in [0.1, 0.15) is 17.3 Å². The Labute approximate surface area is 188 Å². The molecular weight excluding hydrogens is 440 g/mol. The SMILES string of the molecule is CCn1c(SCC(=O)Nc2ccccc2C(=O)OC)nnc1-c1cc(Cl)ccc1OC. The minimum Gasteiger partial charge on any atom is -0.496 e. The molecular formula is C21H21ClN4O4S. The molecule has 0 aliphatic rings. The summed E-state index contributed by atoms with van der Waals surface area (Å²) in [6.45, 7) is 2.55. The van der Waals surface area contributed by atoms with Gasteiger partial charge in [-0.15, -0.1) is 10.2 Å². The van der Waals surface area contributed by atoms with Crippen molar-refractivity contribution >= 4 is 40.9 Å². The van der Waals surface area contributed by atoms with Crippen LogP contribution < -0.4 is 10.1 Å². The van der Waals surface area contributed by atoms with E-state index in [4.69, 9.17) is 21.1 Å². The first-order valence-electron chi connectivity index (χ1n) is 9.35. The molecule has 0 aliphatic heterocycles. The van der Waals surface area contributed by atoms with Gasteiger partial charge in [-0.05, 0) is 37.3 Å². The van der Waals surface area contributed by atoms with Gasteiger partial charge in [0.05, 0.1) is 36.8 Å². The van der Waals surface area contributed by atoms with Crippen LogP contribution in [-0.4, -0.2) is 46.6 Å². The molecule has 0 bridgehead atoms. The quantitative estimate of drug-likeness (QED) is 0.398. The highest BCUT2D eigenvalue weighted by Crippen LogP contribution is 2.33. The Morgan fingerprint density at radius 3 is 2.65 bits per heavy atom. The number of benzene rings is 2. The molecule has 3 rings (SSSR count). The van der Waals surface area contributed by atoms with Crippen molar-refractivity contribution in [2.75, 3.05) is 25.3 Å². The Hall–Kier alpha value is -3.04. The second kappa shape index (κ2) is 10.3. The highest BCUT2D eigenvalue weighted by molar-refractivity contribution is 7.99. The van der Waals surface area contributed by atoms with E-state index in [1.807, 2.05) is 11.5 Å². The summed E-state index contributed by atoms with van der Waals surface area (Å²) < 4.78 is 12.1. The molecule has 31 heavy (non-hydrogen) atoms. The fourth-order valence-corrected chi connectivity index (χ4v) is 3.91. The van der Waals surface area contributed by atoms with Crippen molar-refractivity contribution in [1.29, 1.82) is 0 Å². The maximum atomic E-state index is 12.5. The van der Waals surface area contributed by atoms with Gasteiger partial charge in [0.15, 0.2) is 11.0 Å². The van der Waals surface area contributed by atoms with E-state index in [0.29, 0.717) is 39.5 Å². The molecule has 2 aromatic carbocycles. The van der Waals surface area contributed by atoms with Crippen molar-refractivity contribution in [1.82, 2.24) is 14.8 Å². The predicted octanol–water partition coefficient (Wildman–Crippen LogP) is 4.14. The molecule has 0 saturated heterocycles. The lowest BCUT2D eigenvalue weighted by molar-refractivity contribution is -0.113. The number of nitrogens with one attached hydrogen (secondary N) is 1. The van der Waals surface area contributed by atoms with Gasteiger partial charge < -0.3 is 19.4 Å². The molecule has 0 spiro atoms. The van der Waals surface area contributed by atoms with Crippen LogP contribution in [0.2, 0.25) is 5.02 Å². The maximum Gasteiger partial charge on any atom is 0.339 e. The van der Waals surface area contributed by atoms with E-state index < -0.39 is 5.97 Å². The number of hydrogen-bond donors (Lipinski definition) is 1. The smallest absolute Gasteiger partial charge is 0.339 e. The molecule has 1 heterocycles. The third-order valence-corrected chi connectivity index (χ3v) is 5.58. The Balaban J connectivity index is 1.76. The number of amides is 1. The highest BCUT2D eigenvalue weighted by atomic mass is 35.5. The van der Waals surface area contributed by atoms with E-state index in [0.717, 1.165) is 0 Å². The Morgan fingerprint density at radius 2 is 1.94 bits per heavy atom. The van der Waals surface area contributed by atoms with Crippen LogP contribution in [0.15, 0.2) is 47.6 Å². The number of nitrogens with zero attached hydrogens (tertiary/aromatic N) is 3. The lowest BCUT2D eigenvalue weighted by atomic mass is 10.2. The highest BCUT2D eigenvalue weighted by Gasteiger charge is 2.19. The van der Waals surface area contributed by atoms with E-state index in [9.17, 15) is 9.59 Å². The van der Waals surface area contributed by atoms with Crippen LogP contribution in [0, 0.1) is 0 Å². The van der Waals surface area contributed by atoms with Crippen LogP contribution in [0.4, 0.5) is 5.69 Å². The van der Waals surface area contributed by atoms with Crippen molar-refractivity contribution in [3.63, 3.8) is 0 Å². The first-order chi connectivity index (χ1) is 15.0. The number of halogens is 1. The summed E-state index contributed by atoms with van der Waals surface area (Å²) in [5, 5.41) is 12.4. The summed E-state index contributed by atoms with van der Waals surface area (Å²) >= 11 is 7.39. The third-order valence-electron chi connectivity index (χ3n) is 4.37. The fourth-order valence-electron chi connectivity index (χ4n) is 2.93. The lowest BCUT2D eigenvalue weighted by Gasteiger charge is -2.11. The van der Waals surface area contributed by atoms with E-state index >= 15 is 0 Å². The molecule has 0 unspecified atom stereocenters. The van der Waals surface area contributed by atoms with Crippen molar-refractivity contribution < 1.29 is 19.1 Å². The van der Waals surface area contributed by atoms with Gasteiger partial charge in [0, 0.05) is 11.6 Å². The normalized spacial score (nSPS) is 10.6. The van der Waals surface area contributed by atoms with Gasteiger partial charge >= 0.3 is 5.97 Å². The number of para-hydroxylation sites is 1. The first kappa shape index (κ1) is 22.6. The lowest BCUT2D eigenvalue weighted by Crippen LogP contribution is -2.17.